The molecule has 0 atom stereocenters. The molecule has 2 rings (SSSR count). The highest BCUT2D eigenvalue weighted by atomic mass is 32.1. The normalized spacial score (nSPS) is 11.5. The maximum absolute atomic E-state index is 11.5. The van der Waals surface area contributed by atoms with E-state index in [1.807, 2.05) is 28.8 Å². The number of carbonyl (C=O) groups excluding carboxylic acids is 1. The number of nitrogens with zero attached hydrogens (tertiary/aromatic N) is 2. The van der Waals surface area contributed by atoms with Gasteiger partial charge in [-0.25, -0.2) is 4.79 Å². The summed E-state index contributed by atoms with van der Waals surface area (Å²) in [5, 5.41) is 0. The van der Waals surface area contributed by atoms with E-state index in [1.165, 1.54) is 0 Å². The first-order valence-corrected chi connectivity index (χ1v) is 6.30. The molecule has 0 N–H and O–H groups in total. The van der Waals surface area contributed by atoms with Crippen molar-refractivity contribution in [2.45, 2.75) is 33.1 Å². The Hall–Kier alpha value is -1.82. The van der Waals surface area contributed by atoms with E-state index in [0.717, 1.165) is 5.65 Å². The lowest BCUT2D eigenvalue weighted by molar-refractivity contribution is -0.0197. The van der Waals surface area contributed by atoms with E-state index in [-0.39, 0.29) is 6.73 Å². The van der Waals surface area contributed by atoms with Crippen molar-refractivity contribution in [3.05, 3.63) is 35.2 Å². The molecule has 19 heavy (non-hydrogen) atoms. The number of aromatic nitrogens is 2. The Morgan fingerprint density at radius 1 is 1.32 bits per heavy atom. The first kappa shape index (κ1) is 13.6. The summed E-state index contributed by atoms with van der Waals surface area (Å²) in [6.45, 7) is 5.46. The zero-order chi connectivity index (χ0) is 14.0. The van der Waals surface area contributed by atoms with Crippen LogP contribution in [0.1, 0.15) is 20.8 Å². The quantitative estimate of drug-likeness (QED) is 0.625. The second kappa shape index (κ2) is 5.05. The molecule has 0 saturated carbocycles. The SMILES string of the molecule is CC(C)(C)OC(=O)OCn1ccn2c(=S)cccc12. The van der Waals surface area contributed by atoms with E-state index in [9.17, 15) is 4.79 Å². The fraction of sp³-hybridized carbons (Fsp3) is 0.385. The Morgan fingerprint density at radius 2 is 2.05 bits per heavy atom. The number of rotatable bonds is 2. The van der Waals surface area contributed by atoms with Crippen molar-refractivity contribution in [3.8, 4) is 0 Å². The molecule has 5 nitrogen and oxygen atoms in total. The number of carbonyl (C=O) groups is 1. The lowest BCUT2D eigenvalue weighted by Gasteiger charge is -2.18. The van der Waals surface area contributed by atoms with E-state index in [4.69, 9.17) is 21.7 Å². The van der Waals surface area contributed by atoms with Gasteiger partial charge < -0.3 is 9.47 Å². The topological polar surface area (TPSA) is 44.9 Å². The van der Waals surface area contributed by atoms with Crippen LogP contribution in [0, 0.1) is 4.64 Å². The largest absolute Gasteiger partial charge is 0.510 e. The van der Waals surface area contributed by atoms with Crippen LogP contribution in [0.4, 0.5) is 4.79 Å². The zero-order valence-electron chi connectivity index (χ0n) is 11.1. The maximum Gasteiger partial charge on any atom is 0.510 e. The van der Waals surface area contributed by atoms with Gasteiger partial charge in [0, 0.05) is 12.4 Å². The summed E-state index contributed by atoms with van der Waals surface area (Å²) in [5.74, 6) is 0. The average Bonchev–Trinajstić information content (AvgIpc) is 2.69. The summed E-state index contributed by atoms with van der Waals surface area (Å²) in [4.78, 5) is 11.5. The highest BCUT2D eigenvalue weighted by molar-refractivity contribution is 7.71. The van der Waals surface area contributed by atoms with Crippen LogP contribution in [0.3, 0.4) is 0 Å². The Morgan fingerprint density at radius 3 is 2.74 bits per heavy atom. The van der Waals surface area contributed by atoms with Crippen LogP contribution < -0.4 is 0 Å². The van der Waals surface area contributed by atoms with Gasteiger partial charge in [0.2, 0.25) is 0 Å². The number of hydrogen-bond donors (Lipinski definition) is 0. The molecule has 0 radical (unpaired) electrons. The maximum atomic E-state index is 11.5. The summed E-state index contributed by atoms with van der Waals surface area (Å²) in [6, 6.07) is 5.59. The van der Waals surface area contributed by atoms with Gasteiger partial charge in [-0.15, -0.1) is 0 Å². The lowest BCUT2D eigenvalue weighted by Crippen LogP contribution is -2.25. The zero-order valence-corrected chi connectivity index (χ0v) is 11.9. The van der Waals surface area contributed by atoms with Gasteiger partial charge in [-0.2, -0.15) is 0 Å². The molecule has 0 amide bonds. The smallest absolute Gasteiger partial charge is 0.429 e. The van der Waals surface area contributed by atoms with E-state index < -0.39 is 11.8 Å². The third kappa shape index (κ3) is 3.35. The van der Waals surface area contributed by atoms with Gasteiger partial charge >= 0.3 is 6.16 Å². The first-order chi connectivity index (χ1) is 8.87. The number of pyridine rings is 1. The molecular weight excluding hydrogens is 264 g/mol. The molecule has 2 aromatic heterocycles. The summed E-state index contributed by atoms with van der Waals surface area (Å²) in [5.41, 5.74) is 0.300. The van der Waals surface area contributed by atoms with E-state index in [2.05, 4.69) is 0 Å². The summed E-state index contributed by atoms with van der Waals surface area (Å²) < 4.78 is 14.5. The molecule has 0 fully saturated rings. The molecule has 0 aliphatic carbocycles. The first-order valence-electron chi connectivity index (χ1n) is 5.89. The predicted octanol–water partition coefficient (Wildman–Crippen LogP) is 3.38. The van der Waals surface area contributed by atoms with Crippen LogP contribution in [0.2, 0.25) is 0 Å². The number of ether oxygens (including phenoxy) is 2. The van der Waals surface area contributed by atoms with Crippen molar-refractivity contribution in [1.29, 1.82) is 0 Å². The van der Waals surface area contributed by atoms with Crippen LogP contribution in [0.25, 0.3) is 5.65 Å². The highest BCUT2D eigenvalue weighted by Crippen LogP contribution is 2.10. The van der Waals surface area contributed by atoms with Gasteiger partial charge in [0.05, 0.1) is 0 Å². The van der Waals surface area contributed by atoms with Crippen LogP contribution in [-0.2, 0) is 16.2 Å². The van der Waals surface area contributed by atoms with Gasteiger partial charge in [-0.1, -0.05) is 18.3 Å². The number of fused-ring (bicyclic) bond motifs is 1. The van der Waals surface area contributed by atoms with E-state index in [1.54, 1.807) is 31.5 Å². The van der Waals surface area contributed by atoms with Gasteiger partial charge in [-0.05, 0) is 32.9 Å². The van der Waals surface area contributed by atoms with Gasteiger partial charge in [0.15, 0.2) is 6.73 Å². The third-order valence-electron chi connectivity index (χ3n) is 2.37. The molecule has 0 bridgehead atoms. The Balaban J connectivity index is 2.09. The van der Waals surface area contributed by atoms with Crippen LogP contribution in [0.5, 0.6) is 0 Å². The molecule has 0 aromatic carbocycles. The fourth-order valence-corrected chi connectivity index (χ4v) is 1.84. The van der Waals surface area contributed by atoms with Crippen molar-refractivity contribution in [2.75, 3.05) is 0 Å². The van der Waals surface area contributed by atoms with Crippen LogP contribution >= 0.6 is 12.2 Å². The molecule has 6 heteroatoms. The van der Waals surface area contributed by atoms with Gasteiger partial charge in [0.25, 0.3) is 0 Å². The molecule has 0 aliphatic rings. The monoisotopic (exact) mass is 280 g/mol. The van der Waals surface area contributed by atoms with Gasteiger partial charge in [-0.3, -0.25) is 8.97 Å². The van der Waals surface area contributed by atoms with Crippen molar-refractivity contribution >= 4 is 24.0 Å². The molecule has 2 heterocycles. The van der Waals surface area contributed by atoms with Crippen molar-refractivity contribution in [1.82, 2.24) is 8.97 Å². The Kier molecular flexibility index (Phi) is 3.61. The molecule has 0 saturated heterocycles. The standard InChI is InChI=1S/C13H16N2O3S/c1-13(2,3)18-12(16)17-9-14-7-8-15-10(14)5-4-6-11(15)19/h4-8H,9H2,1-3H3. The predicted molar refractivity (Wildman–Crippen MR) is 73.5 cm³/mol. The highest BCUT2D eigenvalue weighted by Gasteiger charge is 2.17. The lowest BCUT2D eigenvalue weighted by atomic mass is 10.2. The van der Waals surface area contributed by atoms with Crippen molar-refractivity contribution < 1.29 is 14.3 Å². The number of imidazole rings is 1. The third-order valence-corrected chi connectivity index (χ3v) is 2.70. The second-order valence-corrected chi connectivity index (χ2v) is 5.52. The van der Waals surface area contributed by atoms with Crippen molar-refractivity contribution in [3.63, 3.8) is 0 Å². The summed E-state index contributed by atoms with van der Waals surface area (Å²) >= 11 is 5.19. The van der Waals surface area contributed by atoms with Crippen LogP contribution in [-0.4, -0.2) is 20.7 Å². The van der Waals surface area contributed by atoms with Crippen LogP contribution in [0.15, 0.2) is 30.6 Å². The Labute approximate surface area is 116 Å². The van der Waals surface area contributed by atoms with E-state index >= 15 is 0 Å². The van der Waals surface area contributed by atoms with E-state index in [0.29, 0.717) is 4.64 Å². The minimum absolute atomic E-state index is 0.0875. The number of hydrogen-bond acceptors (Lipinski definition) is 4. The Bertz CT molecular complexity index is 652. The fourth-order valence-electron chi connectivity index (χ4n) is 1.61. The molecular formula is C13H16N2O3S. The van der Waals surface area contributed by atoms with Crippen molar-refractivity contribution in [2.24, 2.45) is 0 Å². The molecule has 2 aromatic rings. The average molecular weight is 280 g/mol. The minimum atomic E-state index is -0.686. The van der Waals surface area contributed by atoms with Gasteiger partial charge in [0.1, 0.15) is 15.9 Å². The summed E-state index contributed by atoms with van der Waals surface area (Å²) in [7, 11) is 0. The molecule has 0 unspecified atom stereocenters. The second-order valence-electron chi connectivity index (χ2n) is 5.10. The summed E-state index contributed by atoms with van der Waals surface area (Å²) in [6.07, 6.45) is 2.94. The molecule has 0 aliphatic heterocycles. The minimum Gasteiger partial charge on any atom is -0.429 e. The molecule has 0 spiro atoms. The molecule has 102 valence electrons.